The van der Waals surface area contributed by atoms with Gasteiger partial charge in [-0.25, -0.2) is 0 Å². The van der Waals surface area contributed by atoms with E-state index in [1.807, 2.05) is 31.2 Å². The highest BCUT2D eigenvalue weighted by Crippen LogP contribution is 2.42. The molecule has 0 bridgehead atoms. The number of nitro benzene ring substituents is 1. The monoisotopic (exact) mass is 400 g/mol. The van der Waals surface area contributed by atoms with Gasteiger partial charge in [-0.05, 0) is 30.7 Å². The van der Waals surface area contributed by atoms with Crippen molar-refractivity contribution in [3.05, 3.63) is 62.5 Å². The van der Waals surface area contributed by atoms with Crippen LogP contribution in [0, 0.1) is 17.0 Å². The molecule has 0 spiro atoms. The van der Waals surface area contributed by atoms with Crippen LogP contribution in [0.15, 0.2) is 41.3 Å². The summed E-state index contributed by atoms with van der Waals surface area (Å²) < 4.78 is 10.9. The van der Waals surface area contributed by atoms with E-state index in [-0.39, 0.29) is 24.0 Å². The molecule has 4 rings (SSSR count). The third kappa shape index (κ3) is 3.04. The van der Waals surface area contributed by atoms with E-state index in [1.54, 1.807) is 0 Å². The minimum absolute atomic E-state index is 0.00530. The van der Waals surface area contributed by atoms with Crippen LogP contribution in [0.4, 0.5) is 11.4 Å². The Balaban J connectivity index is 1.76. The summed E-state index contributed by atoms with van der Waals surface area (Å²) in [5.41, 5.74) is 1.70. The number of nitro groups is 1. The van der Waals surface area contributed by atoms with Gasteiger partial charge in [0.2, 0.25) is 6.79 Å². The highest BCUT2D eigenvalue weighted by Gasteiger charge is 2.35. The predicted octanol–water partition coefficient (Wildman–Crippen LogP) is 4.04. The van der Waals surface area contributed by atoms with E-state index in [9.17, 15) is 14.9 Å². The number of benzene rings is 2. The molecule has 27 heavy (non-hydrogen) atoms. The molecule has 2 heterocycles. The largest absolute Gasteiger partial charge is 0.454 e. The van der Waals surface area contributed by atoms with E-state index in [4.69, 9.17) is 21.7 Å². The molecule has 2 aliphatic heterocycles. The molecule has 1 amide bonds. The number of ether oxygens (including phenoxy) is 2. The Morgan fingerprint density at radius 2 is 1.96 bits per heavy atom. The topological polar surface area (TPSA) is 81.9 Å². The molecule has 0 radical (unpaired) electrons. The maximum atomic E-state index is 12.9. The molecule has 0 aliphatic carbocycles. The Morgan fingerprint density at radius 3 is 2.67 bits per heavy atom. The molecule has 2 aromatic rings. The first-order valence-corrected chi connectivity index (χ1v) is 9.10. The Labute approximate surface area is 163 Å². The molecule has 1 saturated heterocycles. The van der Waals surface area contributed by atoms with E-state index in [0.717, 1.165) is 17.3 Å². The summed E-state index contributed by atoms with van der Waals surface area (Å²) in [6.45, 7) is 1.89. The van der Waals surface area contributed by atoms with Gasteiger partial charge < -0.3 is 9.47 Å². The van der Waals surface area contributed by atoms with Crippen LogP contribution in [0.1, 0.15) is 11.1 Å². The number of rotatable bonds is 3. The third-order valence-corrected chi connectivity index (χ3v) is 5.46. The fourth-order valence-electron chi connectivity index (χ4n) is 2.85. The first kappa shape index (κ1) is 17.5. The second-order valence-electron chi connectivity index (χ2n) is 5.83. The molecule has 0 aromatic heterocycles. The number of nitrogens with zero attached hydrogens (tertiary/aromatic N) is 2. The van der Waals surface area contributed by atoms with Crippen LogP contribution >= 0.6 is 24.0 Å². The molecule has 136 valence electrons. The summed E-state index contributed by atoms with van der Waals surface area (Å²) in [6, 6.07) is 10.2. The smallest absolute Gasteiger partial charge is 0.280 e. The number of thioether (sulfide) groups is 1. The Bertz CT molecular complexity index is 1030. The number of hydrogen-bond donors (Lipinski definition) is 0. The van der Waals surface area contributed by atoms with Gasteiger partial charge in [-0.3, -0.25) is 19.8 Å². The van der Waals surface area contributed by atoms with Crippen molar-refractivity contribution >= 4 is 51.7 Å². The van der Waals surface area contributed by atoms with Crippen LogP contribution in [-0.4, -0.2) is 21.9 Å². The van der Waals surface area contributed by atoms with Gasteiger partial charge in [0.05, 0.1) is 27.1 Å². The highest BCUT2D eigenvalue weighted by molar-refractivity contribution is 8.27. The molecule has 1 fully saturated rings. The van der Waals surface area contributed by atoms with Crippen LogP contribution in [0.3, 0.4) is 0 Å². The van der Waals surface area contributed by atoms with Crippen molar-refractivity contribution < 1.29 is 19.2 Å². The van der Waals surface area contributed by atoms with Crippen molar-refractivity contribution in [3.63, 3.8) is 0 Å². The lowest BCUT2D eigenvalue weighted by Gasteiger charge is -2.16. The number of fused-ring (bicyclic) bond motifs is 1. The number of carbonyl (C=O) groups excluding carboxylic acids is 1. The zero-order chi connectivity index (χ0) is 19.1. The van der Waals surface area contributed by atoms with E-state index in [1.165, 1.54) is 23.1 Å². The third-order valence-electron chi connectivity index (χ3n) is 4.16. The first-order chi connectivity index (χ1) is 13.0. The maximum absolute atomic E-state index is 12.9. The lowest BCUT2D eigenvalue weighted by molar-refractivity contribution is -0.385. The fourth-order valence-corrected chi connectivity index (χ4v) is 4.13. The van der Waals surface area contributed by atoms with Gasteiger partial charge in [-0.1, -0.05) is 42.2 Å². The molecule has 0 atom stereocenters. The minimum atomic E-state index is -0.518. The summed E-state index contributed by atoms with van der Waals surface area (Å²) in [5, 5.41) is 11.4. The van der Waals surface area contributed by atoms with E-state index >= 15 is 0 Å². The van der Waals surface area contributed by atoms with Gasteiger partial charge >= 0.3 is 0 Å². The molecule has 7 nitrogen and oxygen atoms in total. The van der Waals surface area contributed by atoms with Gasteiger partial charge in [0.25, 0.3) is 11.6 Å². The number of anilines is 1. The zero-order valence-electron chi connectivity index (χ0n) is 14.0. The van der Waals surface area contributed by atoms with Crippen LogP contribution < -0.4 is 14.4 Å². The number of carbonyl (C=O) groups is 1. The fraction of sp³-hybridized carbons (Fsp3) is 0.111. The van der Waals surface area contributed by atoms with E-state index in [0.29, 0.717) is 26.4 Å². The van der Waals surface area contributed by atoms with E-state index < -0.39 is 4.92 Å². The number of amides is 1. The lowest BCUT2D eigenvalue weighted by Crippen LogP contribution is -2.28. The standard InChI is InChI=1S/C18H12N2O5S2/c1-10-4-2-3-5-12(10)19-17(21)16(27-18(19)26)7-11-6-14-15(25-9-24-14)8-13(11)20(22)23/h2-8H,9H2,1H3/b16-7-. The van der Waals surface area contributed by atoms with Crippen LogP contribution in [0.25, 0.3) is 6.08 Å². The lowest BCUT2D eigenvalue weighted by atomic mass is 10.1. The molecule has 9 heteroatoms. The Hall–Kier alpha value is -2.91. The van der Waals surface area contributed by atoms with Gasteiger partial charge in [0.1, 0.15) is 0 Å². The quantitative estimate of drug-likeness (QED) is 0.333. The Morgan fingerprint density at radius 1 is 1.26 bits per heavy atom. The van der Waals surface area contributed by atoms with Crippen molar-refractivity contribution in [3.8, 4) is 11.5 Å². The van der Waals surface area contributed by atoms with Gasteiger partial charge in [-0.2, -0.15) is 0 Å². The molecular formula is C18H12N2O5S2. The Kier molecular flexibility index (Phi) is 4.33. The van der Waals surface area contributed by atoms with Crippen molar-refractivity contribution in [1.82, 2.24) is 0 Å². The average molecular weight is 400 g/mol. The van der Waals surface area contributed by atoms with Gasteiger partial charge in [-0.15, -0.1) is 0 Å². The van der Waals surface area contributed by atoms with Crippen molar-refractivity contribution in [2.75, 3.05) is 11.7 Å². The second-order valence-corrected chi connectivity index (χ2v) is 7.50. The number of para-hydroxylation sites is 1. The zero-order valence-corrected chi connectivity index (χ0v) is 15.6. The van der Waals surface area contributed by atoms with Crippen molar-refractivity contribution in [1.29, 1.82) is 0 Å². The van der Waals surface area contributed by atoms with Crippen LogP contribution in [0.2, 0.25) is 0 Å². The SMILES string of the molecule is Cc1ccccc1N1C(=O)/C(=C/c2cc3c(cc2[N+](=O)[O-])OCO3)SC1=S. The van der Waals surface area contributed by atoms with Crippen LogP contribution in [-0.2, 0) is 4.79 Å². The first-order valence-electron chi connectivity index (χ1n) is 7.87. The van der Waals surface area contributed by atoms with Crippen molar-refractivity contribution in [2.45, 2.75) is 6.92 Å². The predicted molar refractivity (Wildman–Crippen MR) is 106 cm³/mol. The van der Waals surface area contributed by atoms with E-state index in [2.05, 4.69) is 0 Å². The summed E-state index contributed by atoms with van der Waals surface area (Å²) >= 11 is 6.47. The van der Waals surface area contributed by atoms with Gasteiger partial charge in [0.15, 0.2) is 15.8 Å². The number of hydrogen-bond acceptors (Lipinski definition) is 7. The number of aryl methyl sites for hydroxylation is 1. The molecule has 2 aliphatic rings. The molecule has 0 N–H and O–H groups in total. The summed E-state index contributed by atoms with van der Waals surface area (Å²) in [5.74, 6) is 0.402. The van der Waals surface area contributed by atoms with Crippen LogP contribution in [0.5, 0.6) is 11.5 Å². The maximum Gasteiger partial charge on any atom is 0.280 e. The summed E-state index contributed by atoms with van der Waals surface area (Å²) in [7, 11) is 0. The second kappa shape index (κ2) is 6.67. The highest BCUT2D eigenvalue weighted by atomic mass is 32.2. The summed E-state index contributed by atoms with van der Waals surface area (Å²) in [6.07, 6.45) is 1.47. The molecule has 0 saturated carbocycles. The molecule has 2 aromatic carbocycles. The normalized spacial score (nSPS) is 17.1. The van der Waals surface area contributed by atoms with Crippen molar-refractivity contribution in [2.24, 2.45) is 0 Å². The molecule has 0 unspecified atom stereocenters. The molecular weight excluding hydrogens is 388 g/mol. The number of thiocarbonyl (C=S) groups is 1. The summed E-state index contributed by atoms with van der Waals surface area (Å²) in [4.78, 5) is 25.6. The minimum Gasteiger partial charge on any atom is -0.454 e. The van der Waals surface area contributed by atoms with Gasteiger partial charge in [0, 0.05) is 0 Å². The average Bonchev–Trinajstić information content (AvgIpc) is 3.19.